The van der Waals surface area contributed by atoms with Crippen LogP contribution in [0.15, 0.2) is 47.6 Å². The Morgan fingerprint density at radius 1 is 1.12 bits per heavy atom. The Morgan fingerprint density at radius 3 is 2.69 bits per heavy atom. The number of fused-ring (bicyclic) bond motifs is 1. The zero-order valence-electron chi connectivity index (χ0n) is 13.7. The van der Waals surface area contributed by atoms with Gasteiger partial charge in [-0.3, -0.25) is 0 Å². The van der Waals surface area contributed by atoms with Crippen LogP contribution in [0.1, 0.15) is 11.7 Å². The highest BCUT2D eigenvalue weighted by Gasteiger charge is 2.14. The van der Waals surface area contributed by atoms with Crippen LogP contribution in [0.3, 0.4) is 0 Å². The number of hydrogen-bond donors (Lipinski definition) is 3. The monoisotopic (exact) mass is 409 g/mol. The van der Waals surface area contributed by atoms with Gasteiger partial charge in [-0.1, -0.05) is 53.2 Å². The van der Waals surface area contributed by atoms with Gasteiger partial charge in [0, 0.05) is 33.3 Å². The largest absolute Gasteiger partial charge is 0.396 e. The second-order valence-electron chi connectivity index (χ2n) is 5.51. The van der Waals surface area contributed by atoms with Crippen molar-refractivity contribution in [2.24, 2.45) is 0 Å². The first-order chi connectivity index (χ1) is 12.6. The van der Waals surface area contributed by atoms with Gasteiger partial charge in [0.05, 0.1) is 18.2 Å². The summed E-state index contributed by atoms with van der Waals surface area (Å²) in [5.74, 6) is 1.07. The standard InChI is InChI=1S/C18H17Cl2N3O2S/c19-11-5-6-15-13(9-11)17(23-18(22-15)26-8-7-24)21-10-16(25)12-3-1-2-4-14(12)20/h1-6,9,16,24-25H,7-8,10H2,(H,21,22,23). The SMILES string of the molecule is OCCSc1nc(NCC(O)c2ccccc2Cl)c2cc(Cl)ccc2n1. The minimum atomic E-state index is -0.790. The topological polar surface area (TPSA) is 78.3 Å². The van der Waals surface area contributed by atoms with Crippen LogP contribution in [0.25, 0.3) is 10.9 Å². The van der Waals surface area contributed by atoms with Crippen LogP contribution in [0.4, 0.5) is 5.82 Å². The summed E-state index contributed by atoms with van der Waals surface area (Å²) in [5.41, 5.74) is 1.38. The average molecular weight is 410 g/mol. The van der Waals surface area contributed by atoms with Gasteiger partial charge in [0.15, 0.2) is 5.16 Å². The fourth-order valence-corrected chi connectivity index (χ4v) is 3.49. The van der Waals surface area contributed by atoms with Crippen LogP contribution in [0.5, 0.6) is 0 Å². The number of hydrogen-bond acceptors (Lipinski definition) is 6. The Labute approximate surface area is 165 Å². The Kier molecular flexibility index (Phi) is 6.56. The number of thioether (sulfide) groups is 1. The lowest BCUT2D eigenvalue weighted by Crippen LogP contribution is -2.14. The van der Waals surface area contributed by atoms with Crippen LogP contribution in [-0.2, 0) is 0 Å². The van der Waals surface area contributed by atoms with Gasteiger partial charge in [-0.25, -0.2) is 9.97 Å². The van der Waals surface area contributed by atoms with E-state index < -0.39 is 6.10 Å². The van der Waals surface area contributed by atoms with E-state index in [0.29, 0.717) is 32.3 Å². The highest BCUT2D eigenvalue weighted by Crippen LogP contribution is 2.28. The van der Waals surface area contributed by atoms with E-state index >= 15 is 0 Å². The number of anilines is 1. The Morgan fingerprint density at radius 2 is 1.92 bits per heavy atom. The van der Waals surface area contributed by atoms with Crippen LogP contribution in [-0.4, -0.2) is 39.1 Å². The number of aliphatic hydroxyl groups is 2. The van der Waals surface area contributed by atoms with Crippen molar-refractivity contribution in [2.75, 3.05) is 24.2 Å². The molecule has 3 rings (SSSR count). The minimum absolute atomic E-state index is 0.0423. The molecule has 0 bridgehead atoms. The average Bonchev–Trinajstić information content (AvgIpc) is 2.64. The van der Waals surface area contributed by atoms with Crippen LogP contribution in [0, 0.1) is 0 Å². The lowest BCUT2D eigenvalue weighted by molar-refractivity contribution is 0.191. The fraction of sp³-hybridized carbons (Fsp3) is 0.222. The Hall–Kier alpha value is -1.57. The molecule has 5 nitrogen and oxygen atoms in total. The van der Waals surface area contributed by atoms with Gasteiger partial charge in [-0.2, -0.15) is 0 Å². The summed E-state index contributed by atoms with van der Waals surface area (Å²) in [6.07, 6.45) is -0.790. The molecule has 0 saturated heterocycles. The van der Waals surface area contributed by atoms with E-state index in [1.807, 2.05) is 18.2 Å². The third-order valence-corrected chi connectivity index (χ3v) is 5.09. The predicted molar refractivity (Wildman–Crippen MR) is 107 cm³/mol. The van der Waals surface area contributed by atoms with E-state index in [2.05, 4.69) is 15.3 Å². The molecular weight excluding hydrogens is 393 g/mol. The molecule has 0 aliphatic carbocycles. The van der Waals surface area contributed by atoms with Crippen molar-refractivity contribution in [1.82, 2.24) is 9.97 Å². The van der Waals surface area contributed by atoms with Gasteiger partial charge in [-0.15, -0.1) is 0 Å². The number of rotatable bonds is 7. The first-order valence-electron chi connectivity index (χ1n) is 7.96. The third-order valence-electron chi connectivity index (χ3n) is 3.69. The molecule has 8 heteroatoms. The van der Waals surface area contributed by atoms with Crippen molar-refractivity contribution >= 4 is 51.7 Å². The summed E-state index contributed by atoms with van der Waals surface area (Å²) in [6.45, 7) is 0.271. The van der Waals surface area contributed by atoms with Gasteiger partial charge in [-0.05, 0) is 24.3 Å². The van der Waals surface area contributed by atoms with E-state index in [-0.39, 0.29) is 13.2 Å². The van der Waals surface area contributed by atoms with Crippen molar-refractivity contribution in [2.45, 2.75) is 11.3 Å². The first kappa shape index (κ1) is 19.2. The minimum Gasteiger partial charge on any atom is -0.396 e. The van der Waals surface area contributed by atoms with Crippen molar-refractivity contribution in [3.05, 3.63) is 58.1 Å². The van der Waals surface area contributed by atoms with Gasteiger partial charge in [0.1, 0.15) is 5.82 Å². The smallest absolute Gasteiger partial charge is 0.190 e. The molecule has 0 amide bonds. The molecule has 1 unspecified atom stereocenters. The van der Waals surface area contributed by atoms with Gasteiger partial charge in [0.25, 0.3) is 0 Å². The molecule has 0 spiro atoms. The Bertz CT molecular complexity index is 911. The predicted octanol–water partition coefficient (Wildman–Crippen LogP) is 4.17. The summed E-state index contributed by atoms with van der Waals surface area (Å²) < 4.78 is 0. The van der Waals surface area contributed by atoms with E-state index in [9.17, 15) is 5.11 Å². The molecule has 1 atom stereocenters. The van der Waals surface area contributed by atoms with Gasteiger partial charge < -0.3 is 15.5 Å². The lowest BCUT2D eigenvalue weighted by Gasteiger charge is -2.15. The second-order valence-corrected chi connectivity index (χ2v) is 7.41. The maximum atomic E-state index is 10.4. The molecule has 3 N–H and O–H groups in total. The van der Waals surface area contributed by atoms with E-state index in [4.69, 9.17) is 28.3 Å². The van der Waals surface area contributed by atoms with Crippen LogP contribution < -0.4 is 5.32 Å². The number of halogens is 2. The molecule has 3 aromatic rings. The van der Waals surface area contributed by atoms with E-state index in [1.54, 1.807) is 24.3 Å². The molecule has 136 valence electrons. The number of nitrogens with zero attached hydrogens (tertiary/aromatic N) is 2. The first-order valence-corrected chi connectivity index (χ1v) is 9.70. The second kappa shape index (κ2) is 8.88. The van der Waals surface area contributed by atoms with Crippen molar-refractivity contribution in [1.29, 1.82) is 0 Å². The van der Waals surface area contributed by atoms with Crippen LogP contribution in [0.2, 0.25) is 10.0 Å². The highest BCUT2D eigenvalue weighted by atomic mass is 35.5. The summed E-state index contributed by atoms with van der Waals surface area (Å²) in [4.78, 5) is 8.97. The zero-order valence-corrected chi connectivity index (χ0v) is 16.0. The molecule has 0 fully saturated rings. The maximum Gasteiger partial charge on any atom is 0.190 e. The molecular formula is C18H17Cl2N3O2S. The summed E-state index contributed by atoms with van der Waals surface area (Å²) in [6, 6.07) is 12.5. The highest BCUT2D eigenvalue weighted by molar-refractivity contribution is 7.99. The van der Waals surface area contributed by atoms with Crippen molar-refractivity contribution in [3.8, 4) is 0 Å². The quantitative estimate of drug-likeness (QED) is 0.401. The fourth-order valence-electron chi connectivity index (χ4n) is 2.46. The zero-order chi connectivity index (χ0) is 18.5. The maximum absolute atomic E-state index is 10.4. The van der Waals surface area contributed by atoms with E-state index in [1.165, 1.54) is 11.8 Å². The normalized spacial score (nSPS) is 12.3. The van der Waals surface area contributed by atoms with Crippen LogP contribution >= 0.6 is 35.0 Å². The molecule has 26 heavy (non-hydrogen) atoms. The van der Waals surface area contributed by atoms with Gasteiger partial charge in [0.2, 0.25) is 0 Å². The Balaban J connectivity index is 1.87. The number of aliphatic hydroxyl groups excluding tert-OH is 2. The molecule has 0 radical (unpaired) electrons. The summed E-state index contributed by atoms with van der Waals surface area (Å²) in [7, 11) is 0. The number of aromatic nitrogens is 2. The third kappa shape index (κ3) is 4.58. The summed E-state index contributed by atoms with van der Waals surface area (Å²) in [5, 5.41) is 25.0. The molecule has 1 aromatic heterocycles. The molecule has 1 heterocycles. The van der Waals surface area contributed by atoms with Crippen molar-refractivity contribution < 1.29 is 10.2 Å². The van der Waals surface area contributed by atoms with E-state index in [0.717, 1.165) is 10.9 Å². The van der Waals surface area contributed by atoms with Crippen molar-refractivity contribution in [3.63, 3.8) is 0 Å². The molecule has 2 aromatic carbocycles. The molecule has 0 aliphatic heterocycles. The molecule has 0 saturated carbocycles. The summed E-state index contributed by atoms with van der Waals surface area (Å²) >= 11 is 13.6. The number of benzene rings is 2. The lowest BCUT2D eigenvalue weighted by atomic mass is 10.1. The number of nitrogens with one attached hydrogen (secondary N) is 1. The molecule has 0 aliphatic rings. The van der Waals surface area contributed by atoms with Gasteiger partial charge >= 0.3 is 0 Å².